The highest BCUT2D eigenvalue weighted by Gasteiger charge is 2.38. The van der Waals surface area contributed by atoms with Crippen molar-refractivity contribution in [2.75, 3.05) is 26.2 Å². The molecular formula is C30H36N2O4S2. The maximum absolute atomic E-state index is 14.2. The summed E-state index contributed by atoms with van der Waals surface area (Å²) >= 11 is 1.72. The number of aryl methyl sites for hydroxylation is 4. The molecule has 38 heavy (non-hydrogen) atoms. The fourth-order valence-electron chi connectivity index (χ4n) is 6.02. The highest BCUT2D eigenvalue weighted by Crippen LogP contribution is 2.39. The average molecular weight is 553 g/mol. The van der Waals surface area contributed by atoms with Gasteiger partial charge >= 0.3 is 0 Å². The second-order valence-corrected chi connectivity index (χ2v) is 13.4. The summed E-state index contributed by atoms with van der Waals surface area (Å²) in [6.07, 6.45) is 2.26. The molecule has 2 atom stereocenters. The van der Waals surface area contributed by atoms with Crippen molar-refractivity contribution >= 4 is 27.3 Å². The van der Waals surface area contributed by atoms with E-state index in [4.69, 9.17) is 4.74 Å². The van der Waals surface area contributed by atoms with Gasteiger partial charge in [-0.1, -0.05) is 42.0 Å². The number of sulfonamides is 1. The standard InChI is InChI=1S/C30H36N2O4S2/c1-20-16-22(3)30(23(4)17-20)38(34,35)31(18-24-9-7-14-36-24)19-28(33)32-13-11-27-26(12-15-37-27)29(32)25-10-6-5-8-21(25)2/h5-6,8,10,12,15-17,24,29H,7,9,11,13-14,18-19H2,1-4H3/t24-,29+/m1/s1. The molecule has 8 heteroatoms. The molecule has 1 saturated heterocycles. The normalized spacial score (nSPS) is 19.7. The van der Waals surface area contributed by atoms with E-state index in [-0.39, 0.29) is 31.1 Å². The first-order valence-corrected chi connectivity index (χ1v) is 15.6. The maximum atomic E-state index is 14.2. The summed E-state index contributed by atoms with van der Waals surface area (Å²) in [7, 11) is -3.93. The van der Waals surface area contributed by atoms with Crippen LogP contribution in [0, 0.1) is 27.7 Å². The van der Waals surface area contributed by atoms with E-state index in [1.165, 1.54) is 9.18 Å². The van der Waals surface area contributed by atoms with Gasteiger partial charge in [0, 0.05) is 24.6 Å². The first-order chi connectivity index (χ1) is 18.2. The minimum atomic E-state index is -3.93. The Morgan fingerprint density at radius 2 is 1.79 bits per heavy atom. The molecule has 0 unspecified atom stereocenters. The predicted octanol–water partition coefficient (Wildman–Crippen LogP) is 5.33. The van der Waals surface area contributed by atoms with Crippen molar-refractivity contribution in [3.63, 3.8) is 0 Å². The van der Waals surface area contributed by atoms with E-state index in [0.29, 0.717) is 29.2 Å². The van der Waals surface area contributed by atoms with Crippen LogP contribution in [-0.2, 0) is 26.0 Å². The van der Waals surface area contributed by atoms with Crippen LogP contribution in [0.15, 0.2) is 52.7 Å². The Balaban J connectivity index is 1.51. The van der Waals surface area contributed by atoms with Crippen LogP contribution in [0.5, 0.6) is 0 Å². The molecule has 202 valence electrons. The molecule has 0 N–H and O–H groups in total. The molecule has 1 amide bonds. The van der Waals surface area contributed by atoms with Gasteiger partial charge in [-0.15, -0.1) is 11.3 Å². The lowest BCUT2D eigenvalue weighted by atomic mass is 9.90. The van der Waals surface area contributed by atoms with Crippen molar-refractivity contribution < 1.29 is 17.9 Å². The second-order valence-electron chi connectivity index (χ2n) is 10.6. The summed E-state index contributed by atoms with van der Waals surface area (Å²) in [5, 5.41) is 2.08. The van der Waals surface area contributed by atoms with Crippen LogP contribution in [0.25, 0.3) is 0 Å². The van der Waals surface area contributed by atoms with E-state index >= 15 is 0 Å². The van der Waals surface area contributed by atoms with E-state index in [1.54, 1.807) is 11.3 Å². The number of ether oxygens (including phenoxy) is 1. The van der Waals surface area contributed by atoms with Crippen LogP contribution >= 0.6 is 11.3 Å². The van der Waals surface area contributed by atoms with E-state index in [9.17, 15) is 13.2 Å². The lowest BCUT2D eigenvalue weighted by Gasteiger charge is -2.38. The predicted molar refractivity (Wildman–Crippen MR) is 151 cm³/mol. The summed E-state index contributed by atoms with van der Waals surface area (Å²) < 4.78 is 35.5. The fourth-order valence-corrected chi connectivity index (χ4v) is 8.76. The van der Waals surface area contributed by atoms with Gasteiger partial charge < -0.3 is 9.64 Å². The SMILES string of the molecule is Cc1cc(C)c(S(=O)(=O)N(CC(=O)N2CCc3sccc3[C@@H]2c2ccccc2C)C[C@H]2CCCO2)c(C)c1. The van der Waals surface area contributed by atoms with Gasteiger partial charge in [-0.05, 0) is 86.2 Å². The smallest absolute Gasteiger partial charge is 0.244 e. The van der Waals surface area contributed by atoms with Crippen molar-refractivity contribution in [1.29, 1.82) is 0 Å². The number of rotatable bonds is 7. The van der Waals surface area contributed by atoms with E-state index in [2.05, 4.69) is 30.5 Å². The first-order valence-electron chi connectivity index (χ1n) is 13.3. The minimum absolute atomic E-state index is 0.174. The van der Waals surface area contributed by atoms with Crippen LogP contribution < -0.4 is 0 Å². The summed E-state index contributed by atoms with van der Waals surface area (Å²) in [6, 6.07) is 13.8. The molecule has 2 aliphatic heterocycles. The van der Waals surface area contributed by atoms with E-state index in [0.717, 1.165) is 41.5 Å². The van der Waals surface area contributed by atoms with Crippen molar-refractivity contribution in [2.24, 2.45) is 0 Å². The summed E-state index contributed by atoms with van der Waals surface area (Å²) in [4.78, 5) is 17.6. The van der Waals surface area contributed by atoms with Crippen LogP contribution in [0.4, 0.5) is 0 Å². The van der Waals surface area contributed by atoms with Gasteiger partial charge in [0.15, 0.2) is 0 Å². The zero-order valence-electron chi connectivity index (χ0n) is 22.6. The number of carbonyl (C=O) groups is 1. The maximum Gasteiger partial charge on any atom is 0.244 e. The van der Waals surface area contributed by atoms with E-state index < -0.39 is 10.0 Å². The molecule has 3 aromatic rings. The molecule has 6 nitrogen and oxygen atoms in total. The lowest BCUT2D eigenvalue weighted by molar-refractivity contribution is -0.133. The topological polar surface area (TPSA) is 66.9 Å². The molecule has 5 rings (SSSR count). The fraction of sp³-hybridized carbons (Fsp3) is 0.433. The van der Waals surface area contributed by atoms with Crippen molar-refractivity contribution in [1.82, 2.24) is 9.21 Å². The molecule has 1 aromatic heterocycles. The third-order valence-corrected chi connectivity index (χ3v) is 10.8. The van der Waals surface area contributed by atoms with Crippen LogP contribution in [0.2, 0.25) is 0 Å². The number of hydrogen-bond donors (Lipinski definition) is 0. The summed E-state index contributed by atoms with van der Waals surface area (Å²) in [5.74, 6) is -0.181. The van der Waals surface area contributed by atoms with Gasteiger partial charge in [0.05, 0.1) is 23.6 Å². The van der Waals surface area contributed by atoms with Gasteiger partial charge in [-0.2, -0.15) is 4.31 Å². The molecule has 0 saturated carbocycles. The number of benzene rings is 2. The van der Waals surface area contributed by atoms with E-state index in [1.807, 2.05) is 49.9 Å². The zero-order valence-corrected chi connectivity index (χ0v) is 24.2. The van der Waals surface area contributed by atoms with Gasteiger partial charge in [-0.25, -0.2) is 8.42 Å². The monoisotopic (exact) mass is 552 g/mol. The Kier molecular flexibility index (Phi) is 7.78. The molecule has 0 spiro atoms. The molecular weight excluding hydrogens is 516 g/mol. The number of amides is 1. The van der Waals surface area contributed by atoms with Crippen molar-refractivity contribution in [2.45, 2.75) is 64.0 Å². The number of fused-ring (bicyclic) bond motifs is 1. The van der Waals surface area contributed by atoms with Gasteiger partial charge in [-0.3, -0.25) is 4.79 Å². The van der Waals surface area contributed by atoms with Crippen molar-refractivity contribution in [3.05, 3.63) is 86.1 Å². The largest absolute Gasteiger partial charge is 0.377 e. The van der Waals surface area contributed by atoms with Gasteiger partial charge in [0.1, 0.15) is 0 Å². The number of nitrogens with zero attached hydrogens (tertiary/aromatic N) is 2. The van der Waals surface area contributed by atoms with Gasteiger partial charge in [0.2, 0.25) is 15.9 Å². The van der Waals surface area contributed by atoms with Crippen LogP contribution in [0.3, 0.4) is 0 Å². The lowest BCUT2D eigenvalue weighted by Crippen LogP contribution is -2.48. The third kappa shape index (κ3) is 5.19. The van der Waals surface area contributed by atoms with Crippen molar-refractivity contribution in [3.8, 4) is 0 Å². The Hall–Kier alpha value is -2.52. The number of thiophene rings is 1. The molecule has 0 aliphatic carbocycles. The molecule has 0 radical (unpaired) electrons. The first kappa shape index (κ1) is 27.1. The van der Waals surface area contributed by atoms with Gasteiger partial charge in [0.25, 0.3) is 0 Å². The molecule has 3 heterocycles. The Labute approximate surface area is 230 Å². The zero-order chi connectivity index (χ0) is 27.0. The summed E-state index contributed by atoms with van der Waals surface area (Å²) in [5.41, 5.74) is 5.75. The van der Waals surface area contributed by atoms with Crippen LogP contribution in [-0.4, -0.2) is 55.9 Å². The molecule has 0 bridgehead atoms. The quantitative estimate of drug-likeness (QED) is 0.398. The second kappa shape index (κ2) is 10.9. The number of carbonyl (C=O) groups excluding carboxylic acids is 1. The molecule has 1 fully saturated rings. The summed E-state index contributed by atoms with van der Waals surface area (Å²) in [6.45, 7) is 8.83. The highest BCUT2D eigenvalue weighted by atomic mass is 32.2. The van der Waals surface area contributed by atoms with Crippen LogP contribution in [0.1, 0.15) is 57.1 Å². The molecule has 2 aliphatic rings. The third-order valence-electron chi connectivity index (χ3n) is 7.71. The average Bonchev–Trinajstić information content (AvgIpc) is 3.54. The Morgan fingerprint density at radius 1 is 1.05 bits per heavy atom. The Bertz CT molecular complexity index is 1420. The highest BCUT2D eigenvalue weighted by molar-refractivity contribution is 7.89. The minimum Gasteiger partial charge on any atom is -0.377 e. The Morgan fingerprint density at radius 3 is 2.47 bits per heavy atom. The number of hydrogen-bond acceptors (Lipinski definition) is 5. The molecule has 2 aromatic carbocycles.